The second-order valence-corrected chi connectivity index (χ2v) is 6.14. The molecule has 21 heavy (non-hydrogen) atoms. The first-order valence-electron chi connectivity index (χ1n) is 7.32. The van der Waals surface area contributed by atoms with E-state index in [0.717, 1.165) is 25.2 Å². The summed E-state index contributed by atoms with van der Waals surface area (Å²) in [6, 6.07) is 10.00. The molecule has 0 aromatic heterocycles. The van der Waals surface area contributed by atoms with Crippen molar-refractivity contribution in [2.24, 2.45) is 0 Å². The van der Waals surface area contributed by atoms with Crippen LogP contribution in [0.15, 0.2) is 30.3 Å². The highest BCUT2D eigenvalue weighted by atomic mass is 16.5. The van der Waals surface area contributed by atoms with Crippen LogP contribution in [-0.2, 0) is 9.53 Å². The molecule has 1 aliphatic heterocycles. The summed E-state index contributed by atoms with van der Waals surface area (Å²) >= 11 is 0. The van der Waals surface area contributed by atoms with E-state index in [9.17, 15) is 4.79 Å². The minimum Gasteiger partial charge on any atom is -0.363 e. The van der Waals surface area contributed by atoms with E-state index in [4.69, 9.17) is 4.74 Å². The highest BCUT2D eigenvalue weighted by Crippen LogP contribution is 2.16. The van der Waals surface area contributed by atoms with E-state index in [-0.39, 0.29) is 24.2 Å². The maximum absolute atomic E-state index is 12.1. The molecule has 0 aliphatic carbocycles. The van der Waals surface area contributed by atoms with Crippen LogP contribution in [0, 0.1) is 0 Å². The van der Waals surface area contributed by atoms with Crippen molar-refractivity contribution in [3.63, 3.8) is 0 Å². The van der Waals surface area contributed by atoms with Gasteiger partial charge in [-0.2, -0.15) is 0 Å². The summed E-state index contributed by atoms with van der Waals surface area (Å²) in [4.78, 5) is 14.2. The maximum Gasteiger partial charge on any atom is 0.246 e. The minimum absolute atomic E-state index is 0.0235. The molecule has 2 N–H and O–H groups in total. The van der Waals surface area contributed by atoms with Crippen molar-refractivity contribution in [3.05, 3.63) is 35.9 Å². The van der Waals surface area contributed by atoms with E-state index in [0.29, 0.717) is 0 Å². The van der Waals surface area contributed by atoms with Gasteiger partial charge in [-0.15, -0.1) is 0 Å². The molecule has 0 bridgehead atoms. The van der Waals surface area contributed by atoms with Crippen molar-refractivity contribution in [3.8, 4) is 0 Å². The van der Waals surface area contributed by atoms with Crippen LogP contribution in [0.4, 0.5) is 0 Å². The maximum atomic E-state index is 12.1. The van der Waals surface area contributed by atoms with Gasteiger partial charge in [-0.3, -0.25) is 4.79 Å². The number of benzene rings is 1. The lowest BCUT2D eigenvalue weighted by molar-refractivity contribution is -0.136. The predicted molar refractivity (Wildman–Crippen MR) is 83.1 cm³/mol. The van der Waals surface area contributed by atoms with Crippen LogP contribution in [0.1, 0.15) is 18.5 Å². The molecule has 116 valence electrons. The molecule has 5 heteroatoms. The van der Waals surface area contributed by atoms with E-state index in [1.165, 1.54) is 0 Å². The van der Waals surface area contributed by atoms with Crippen LogP contribution in [0.25, 0.3) is 0 Å². The Kier molecular flexibility index (Phi) is 5.33. The molecule has 1 unspecified atom stereocenters. The lowest BCUT2D eigenvalue weighted by atomic mass is 10.0. The van der Waals surface area contributed by atoms with Gasteiger partial charge in [0.15, 0.2) is 0 Å². The number of carbonyl (C=O) groups excluding carboxylic acids is 1. The Hall–Kier alpha value is -1.43. The summed E-state index contributed by atoms with van der Waals surface area (Å²) < 4.78 is 5.68. The van der Waals surface area contributed by atoms with Gasteiger partial charge in [0.25, 0.3) is 0 Å². The molecule has 1 aliphatic rings. The van der Waals surface area contributed by atoms with E-state index in [2.05, 4.69) is 15.5 Å². The average Bonchev–Trinajstić information content (AvgIpc) is 2.43. The summed E-state index contributed by atoms with van der Waals surface area (Å²) in [5.41, 5.74) is 0.914. The SMILES string of the molecule is CN(C)CC(NC(=O)COC1(C)CNC1)c1ccccc1. The third-order valence-corrected chi connectivity index (χ3v) is 3.63. The molecule has 0 saturated carbocycles. The summed E-state index contributed by atoms with van der Waals surface area (Å²) in [6.07, 6.45) is 0. The molecule has 0 radical (unpaired) electrons. The molecular formula is C16H25N3O2. The zero-order chi connectivity index (χ0) is 15.3. The van der Waals surface area contributed by atoms with Gasteiger partial charge in [0.05, 0.1) is 11.6 Å². The Morgan fingerprint density at radius 2 is 2.05 bits per heavy atom. The zero-order valence-electron chi connectivity index (χ0n) is 13.1. The Morgan fingerprint density at radius 1 is 1.38 bits per heavy atom. The monoisotopic (exact) mass is 291 g/mol. The standard InChI is InChI=1S/C16H25N3O2/c1-16(11-17-12-16)21-10-15(20)18-14(9-19(2)3)13-7-5-4-6-8-13/h4-8,14,17H,9-12H2,1-3H3,(H,18,20). The smallest absolute Gasteiger partial charge is 0.246 e. The minimum atomic E-state index is -0.193. The van der Waals surface area contributed by atoms with Gasteiger partial charge in [-0.05, 0) is 26.6 Å². The largest absolute Gasteiger partial charge is 0.363 e. The Labute approximate surface area is 126 Å². The molecule has 1 heterocycles. The third kappa shape index (κ3) is 4.81. The number of likely N-dealkylation sites (N-methyl/N-ethyl adjacent to an activating group) is 1. The first kappa shape index (κ1) is 15.9. The van der Waals surface area contributed by atoms with Crippen molar-refractivity contribution in [2.75, 3.05) is 40.3 Å². The summed E-state index contributed by atoms with van der Waals surface area (Å²) in [7, 11) is 4.00. The fraction of sp³-hybridized carbons (Fsp3) is 0.562. The number of nitrogens with zero attached hydrogens (tertiary/aromatic N) is 1. The Balaban J connectivity index is 1.90. The fourth-order valence-electron chi connectivity index (χ4n) is 2.34. The number of amides is 1. The van der Waals surface area contributed by atoms with Crippen LogP contribution in [0.5, 0.6) is 0 Å². The molecule has 1 atom stereocenters. The van der Waals surface area contributed by atoms with Gasteiger partial charge in [0.1, 0.15) is 6.61 Å². The molecule has 5 nitrogen and oxygen atoms in total. The van der Waals surface area contributed by atoms with Crippen molar-refractivity contribution in [2.45, 2.75) is 18.6 Å². The zero-order valence-corrected chi connectivity index (χ0v) is 13.1. The second kappa shape index (κ2) is 7.02. The average molecular weight is 291 g/mol. The lowest BCUT2D eigenvalue weighted by Crippen LogP contribution is -2.59. The molecule has 1 amide bonds. The second-order valence-electron chi connectivity index (χ2n) is 6.14. The van der Waals surface area contributed by atoms with Crippen LogP contribution in [0.2, 0.25) is 0 Å². The third-order valence-electron chi connectivity index (χ3n) is 3.63. The van der Waals surface area contributed by atoms with Gasteiger partial charge in [0.2, 0.25) is 5.91 Å². The fourth-order valence-corrected chi connectivity index (χ4v) is 2.34. The van der Waals surface area contributed by atoms with Crippen LogP contribution in [-0.4, -0.2) is 56.7 Å². The summed E-state index contributed by atoms with van der Waals surface area (Å²) in [6.45, 7) is 4.50. The van der Waals surface area contributed by atoms with Gasteiger partial charge in [-0.1, -0.05) is 30.3 Å². The van der Waals surface area contributed by atoms with Crippen molar-refractivity contribution >= 4 is 5.91 Å². The Morgan fingerprint density at radius 3 is 2.57 bits per heavy atom. The lowest BCUT2D eigenvalue weighted by Gasteiger charge is -2.38. The van der Waals surface area contributed by atoms with Crippen molar-refractivity contribution in [1.82, 2.24) is 15.5 Å². The van der Waals surface area contributed by atoms with Crippen molar-refractivity contribution in [1.29, 1.82) is 0 Å². The normalized spacial score (nSPS) is 18.1. The van der Waals surface area contributed by atoms with Crippen molar-refractivity contribution < 1.29 is 9.53 Å². The number of hydrogen-bond donors (Lipinski definition) is 2. The first-order valence-corrected chi connectivity index (χ1v) is 7.32. The van der Waals surface area contributed by atoms with Crippen LogP contribution >= 0.6 is 0 Å². The van der Waals surface area contributed by atoms with E-state index >= 15 is 0 Å². The van der Waals surface area contributed by atoms with Gasteiger partial charge < -0.3 is 20.3 Å². The quantitative estimate of drug-likeness (QED) is 0.780. The number of hydrogen-bond acceptors (Lipinski definition) is 4. The highest BCUT2D eigenvalue weighted by molar-refractivity contribution is 5.77. The molecule has 1 fully saturated rings. The summed E-state index contributed by atoms with van der Waals surface area (Å²) in [5, 5.41) is 6.21. The van der Waals surface area contributed by atoms with Gasteiger partial charge in [-0.25, -0.2) is 0 Å². The molecule has 1 aromatic carbocycles. The van der Waals surface area contributed by atoms with Gasteiger partial charge >= 0.3 is 0 Å². The molecular weight excluding hydrogens is 266 g/mol. The predicted octanol–water partition coefficient (Wildman–Crippen LogP) is 0.784. The van der Waals surface area contributed by atoms with E-state index < -0.39 is 0 Å². The number of rotatable bonds is 7. The molecule has 0 spiro atoms. The number of ether oxygens (including phenoxy) is 1. The topological polar surface area (TPSA) is 53.6 Å². The van der Waals surface area contributed by atoms with Crippen LogP contribution < -0.4 is 10.6 Å². The van der Waals surface area contributed by atoms with E-state index in [1.54, 1.807) is 0 Å². The summed E-state index contributed by atoms with van der Waals surface area (Å²) in [5.74, 6) is -0.0705. The Bertz CT molecular complexity index is 458. The van der Waals surface area contributed by atoms with Crippen LogP contribution in [0.3, 0.4) is 0 Å². The molecule has 1 aromatic rings. The number of nitrogens with one attached hydrogen (secondary N) is 2. The van der Waals surface area contributed by atoms with E-state index in [1.807, 2.05) is 51.4 Å². The van der Waals surface area contributed by atoms with Gasteiger partial charge in [0, 0.05) is 19.6 Å². The molecule has 1 saturated heterocycles. The molecule has 2 rings (SSSR count). The first-order chi connectivity index (χ1) is 9.98. The number of carbonyl (C=O) groups is 1. The highest BCUT2D eigenvalue weighted by Gasteiger charge is 2.33.